The Morgan fingerprint density at radius 3 is 2.50 bits per heavy atom. The highest BCUT2D eigenvalue weighted by Crippen LogP contribution is 2.27. The number of piperazine rings is 1. The molecule has 0 bridgehead atoms. The number of nitrogens with zero attached hydrogens (tertiary/aromatic N) is 1. The van der Waals surface area contributed by atoms with Crippen LogP contribution in [0.15, 0.2) is 78.7 Å². The summed E-state index contributed by atoms with van der Waals surface area (Å²) in [4.78, 5) is 15.5. The second kappa shape index (κ2) is 9.63. The summed E-state index contributed by atoms with van der Waals surface area (Å²) in [7, 11) is 0. The molecule has 5 heteroatoms. The summed E-state index contributed by atoms with van der Waals surface area (Å²) in [5.41, 5.74) is 4.20. The van der Waals surface area contributed by atoms with Crippen molar-refractivity contribution >= 4 is 11.6 Å². The van der Waals surface area contributed by atoms with E-state index >= 15 is 0 Å². The van der Waals surface area contributed by atoms with Crippen LogP contribution in [0.25, 0.3) is 0 Å². The van der Waals surface area contributed by atoms with Gasteiger partial charge in [-0.2, -0.15) is 0 Å². The molecule has 1 aliphatic heterocycles. The van der Waals surface area contributed by atoms with Crippen molar-refractivity contribution in [1.82, 2.24) is 10.2 Å². The predicted molar refractivity (Wildman–Crippen MR) is 120 cm³/mol. The standard InChI is InChI=1S/C25H29N3O2/c1-2-23(28-16-14-26-15-17-28)24(25(29)27-21-10-4-3-5-11-21)30-22-13-12-19-8-6-7-9-20(19)18-22/h2-11,22,26H,1,12-18H2,(H,27,29)/b24-23-. The summed E-state index contributed by atoms with van der Waals surface area (Å²) in [6, 6.07) is 18.0. The van der Waals surface area contributed by atoms with Crippen LogP contribution in [0.5, 0.6) is 0 Å². The number of aryl methyl sites for hydroxylation is 1. The van der Waals surface area contributed by atoms with E-state index in [4.69, 9.17) is 4.74 Å². The number of carbonyl (C=O) groups is 1. The molecule has 1 saturated heterocycles. The van der Waals surface area contributed by atoms with Crippen molar-refractivity contribution in [3.8, 4) is 0 Å². The maximum Gasteiger partial charge on any atom is 0.292 e. The topological polar surface area (TPSA) is 53.6 Å². The highest BCUT2D eigenvalue weighted by Gasteiger charge is 2.27. The molecule has 2 N–H and O–H groups in total. The van der Waals surface area contributed by atoms with Crippen LogP contribution in [0.2, 0.25) is 0 Å². The maximum atomic E-state index is 13.3. The predicted octanol–water partition coefficient (Wildman–Crippen LogP) is 3.50. The fourth-order valence-electron chi connectivity index (χ4n) is 4.14. The number of carbonyl (C=O) groups excluding carboxylic acids is 1. The number of para-hydroxylation sites is 1. The Balaban J connectivity index is 1.60. The summed E-state index contributed by atoms with van der Waals surface area (Å²) >= 11 is 0. The van der Waals surface area contributed by atoms with Crippen molar-refractivity contribution in [2.45, 2.75) is 25.4 Å². The van der Waals surface area contributed by atoms with Crippen LogP contribution in [0.4, 0.5) is 5.69 Å². The molecule has 0 saturated carbocycles. The first-order chi connectivity index (χ1) is 14.7. The molecule has 5 nitrogen and oxygen atoms in total. The molecule has 0 radical (unpaired) electrons. The first-order valence-electron chi connectivity index (χ1n) is 10.7. The zero-order chi connectivity index (χ0) is 20.8. The Hall–Kier alpha value is -3.05. The lowest BCUT2D eigenvalue weighted by molar-refractivity contribution is -0.117. The largest absolute Gasteiger partial charge is 0.483 e. The molecule has 1 fully saturated rings. The lowest BCUT2D eigenvalue weighted by Crippen LogP contribution is -2.43. The molecule has 4 rings (SSSR count). The number of anilines is 1. The van der Waals surface area contributed by atoms with E-state index in [2.05, 4.69) is 46.4 Å². The normalized spacial score (nSPS) is 19.3. The molecule has 0 aromatic heterocycles. The smallest absolute Gasteiger partial charge is 0.292 e. The minimum absolute atomic E-state index is 0.0331. The van der Waals surface area contributed by atoms with E-state index in [-0.39, 0.29) is 12.0 Å². The molecule has 2 aliphatic rings. The average Bonchev–Trinajstić information content (AvgIpc) is 2.80. The molecule has 1 heterocycles. The second-order valence-corrected chi connectivity index (χ2v) is 7.73. The number of amides is 1. The molecule has 2 aromatic carbocycles. The molecule has 2 aromatic rings. The number of nitrogens with one attached hydrogen (secondary N) is 2. The third-order valence-electron chi connectivity index (χ3n) is 5.71. The van der Waals surface area contributed by atoms with E-state index in [0.717, 1.165) is 56.8 Å². The molecule has 156 valence electrons. The van der Waals surface area contributed by atoms with Crippen LogP contribution in [-0.4, -0.2) is 43.1 Å². The molecular formula is C25H29N3O2. The molecule has 1 amide bonds. The Labute approximate surface area is 178 Å². The van der Waals surface area contributed by atoms with Gasteiger partial charge >= 0.3 is 0 Å². The van der Waals surface area contributed by atoms with Crippen molar-refractivity contribution < 1.29 is 9.53 Å². The van der Waals surface area contributed by atoms with Gasteiger partial charge in [0, 0.05) is 38.3 Å². The number of hydrogen-bond donors (Lipinski definition) is 2. The van der Waals surface area contributed by atoms with Gasteiger partial charge in [-0.05, 0) is 42.2 Å². The van der Waals surface area contributed by atoms with Crippen LogP contribution in [0.3, 0.4) is 0 Å². The third kappa shape index (κ3) is 4.74. The lowest BCUT2D eigenvalue weighted by Gasteiger charge is -2.33. The van der Waals surface area contributed by atoms with Crippen LogP contribution in [-0.2, 0) is 22.4 Å². The van der Waals surface area contributed by atoms with Crippen molar-refractivity contribution in [3.63, 3.8) is 0 Å². The number of hydrogen-bond acceptors (Lipinski definition) is 4. The Morgan fingerprint density at radius 2 is 1.77 bits per heavy atom. The van der Waals surface area contributed by atoms with E-state index < -0.39 is 0 Å². The Bertz CT molecular complexity index is 917. The maximum absolute atomic E-state index is 13.3. The summed E-state index contributed by atoms with van der Waals surface area (Å²) in [5, 5.41) is 6.35. The summed E-state index contributed by atoms with van der Waals surface area (Å²) in [6.45, 7) is 7.39. The van der Waals surface area contributed by atoms with E-state index in [1.807, 2.05) is 30.3 Å². The van der Waals surface area contributed by atoms with E-state index in [1.165, 1.54) is 11.1 Å². The minimum Gasteiger partial charge on any atom is -0.483 e. The van der Waals surface area contributed by atoms with Gasteiger partial charge in [-0.15, -0.1) is 0 Å². The average molecular weight is 404 g/mol. The monoisotopic (exact) mass is 403 g/mol. The fraction of sp³-hybridized carbons (Fsp3) is 0.320. The van der Waals surface area contributed by atoms with Crippen LogP contribution < -0.4 is 10.6 Å². The zero-order valence-electron chi connectivity index (χ0n) is 17.3. The molecule has 1 unspecified atom stereocenters. The van der Waals surface area contributed by atoms with Crippen molar-refractivity contribution in [1.29, 1.82) is 0 Å². The highest BCUT2D eigenvalue weighted by atomic mass is 16.5. The fourth-order valence-corrected chi connectivity index (χ4v) is 4.14. The van der Waals surface area contributed by atoms with Crippen molar-refractivity contribution in [3.05, 3.63) is 89.8 Å². The van der Waals surface area contributed by atoms with Gasteiger partial charge in [-0.1, -0.05) is 49.0 Å². The molecule has 1 aliphatic carbocycles. The summed E-state index contributed by atoms with van der Waals surface area (Å²) in [6.07, 6.45) is 4.39. The van der Waals surface area contributed by atoms with E-state index in [1.54, 1.807) is 6.08 Å². The van der Waals surface area contributed by atoms with Gasteiger partial charge in [0.15, 0.2) is 0 Å². The number of fused-ring (bicyclic) bond motifs is 1. The molecule has 1 atom stereocenters. The summed E-state index contributed by atoms with van der Waals surface area (Å²) < 4.78 is 6.42. The number of rotatable bonds is 6. The third-order valence-corrected chi connectivity index (χ3v) is 5.71. The SMILES string of the molecule is C=C/C(=C(/OC1CCc2ccccc2C1)C(=O)Nc1ccccc1)N1CCNCC1. The zero-order valence-corrected chi connectivity index (χ0v) is 17.3. The van der Waals surface area contributed by atoms with Crippen LogP contribution >= 0.6 is 0 Å². The number of allylic oxidation sites excluding steroid dienone is 1. The van der Waals surface area contributed by atoms with Crippen molar-refractivity contribution in [2.24, 2.45) is 0 Å². The molecule has 0 spiro atoms. The molecular weight excluding hydrogens is 374 g/mol. The number of ether oxygens (including phenoxy) is 1. The highest BCUT2D eigenvalue weighted by molar-refractivity contribution is 6.03. The lowest BCUT2D eigenvalue weighted by atomic mass is 9.90. The van der Waals surface area contributed by atoms with Gasteiger partial charge in [0.2, 0.25) is 5.76 Å². The first kappa shape index (κ1) is 20.2. The minimum atomic E-state index is -0.228. The van der Waals surface area contributed by atoms with Gasteiger partial charge in [0.25, 0.3) is 5.91 Å². The second-order valence-electron chi connectivity index (χ2n) is 7.73. The van der Waals surface area contributed by atoms with Gasteiger partial charge in [-0.25, -0.2) is 0 Å². The van der Waals surface area contributed by atoms with Gasteiger partial charge in [0.05, 0.1) is 5.70 Å². The molecule has 30 heavy (non-hydrogen) atoms. The number of benzene rings is 2. The van der Waals surface area contributed by atoms with E-state index in [0.29, 0.717) is 5.76 Å². The van der Waals surface area contributed by atoms with Gasteiger partial charge in [0.1, 0.15) is 6.10 Å². The quantitative estimate of drug-likeness (QED) is 0.440. The Kier molecular flexibility index (Phi) is 6.50. The Morgan fingerprint density at radius 1 is 1.07 bits per heavy atom. The van der Waals surface area contributed by atoms with E-state index in [9.17, 15) is 4.79 Å². The van der Waals surface area contributed by atoms with Gasteiger partial charge in [-0.3, -0.25) is 4.79 Å². The van der Waals surface area contributed by atoms with Crippen LogP contribution in [0, 0.1) is 0 Å². The van der Waals surface area contributed by atoms with Crippen molar-refractivity contribution in [2.75, 3.05) is 31.5 Å². The summed E-state index contributed by atoms with van der Waals surface area (Å²) in [5.74, 6) is 0.133. The van der Waals surface area contributed by atoms with Gasteiger partial charge < -0.3 is 20.3 Å². The van der Waals surface area contributed by atoms with Crippen LogP contribution in [0.1, 0.15) is 17.5 Å². The first-order valence-corrected chi connectivity index (χ1v) is 10.7.